The SMILES string of the molecule is c1ccc2c(c1)nnn2C1=NCCN1. The van der Waals surface area contributed by atoms with Crippen LogP contribution in [0.15, 0.2) is 29.3 Å². The first kappa shape index (κ1) is 7.49. The Balaban J connectivity index is 2.21. The van der Waals surface area contributed by atoms with Gasteiger partial charge in [0.15, 0.2) is 0 Å². The van der Waals surface area contributed by atoms with Crippen molar-refractivity contribution in [2.45, 2.75) is 0 Å². The number of fused-ring (bicyclic) bond motifs is 1. The Bertz CT molecular complexity index is 499. The van der Waals surface area contributed by atoms with Crippen LogP contribution in [0, 0.1) is 0 Å². The van der Waals surface area contributed by atoms with Crippen molar-refractivity contribution in [2.75, 3.05) is 13.1 Å². The fourth-order valence-electron chi connectivity index (χ4n) is 1.55. The predicted octanol–water partition coefficient (Wildman–Crippen LogP) is 0.239. The van der Waals surface area contributed by atoms with Crippen LogP contribution in [-0.2, 0) is 0 Å². The van der Waals surface area contributed by atoms with Crippen molar-refractivity contribution in [1.82, 2.24) is 20.3 Å². The third-order valence-electron chi connectivity index (χ3n) is 2.21. The van der Waals surface area contributed by atoms with Crippen molar-refractivity contribution in [3.05, 3.63) is 24.3 Å². The number of aromatic nitrogens is 3. The van der Waals surface area contributed by atoms with Gasteiger partial charge in [-0.2, -0.15) is 4.68 Å². The van der Waals surface area contributed by atoms with Gasteiger partial charge in [-0.15, -0.1) is 5.10 Å². The molecule has 0 atom stereocenters. The third kappa shape index (κ3) is 0.985. The maximum absolute atomic E-state index is 4.29. The maximum Gasteiger partial charge on any atom is 0.221 e. The molecule has 0 fully saturated rings. The number of rotatable bonds is 0. The zero-order valence-electron chi connectivity index (χ0n) is 7.51. The lowest BCUT2D eigenvalue weighted by molar-refractivity contribution is 0.830. The largest absolute Gasteiger partial charge is 0.353 e. The van der Waals surface area contributed by atoms with Crippen molar-refractivity contribution in [3.8, 4) is 0 Å². The van der Waals surface area contributed by atoms with Crippen LogP contribution in [0.1, 0.15) is 0 Å². The highest BCUT2D eigenvalue weighted by molar-refractivity contribution is 5.91. The molecule has 1 aromatic carbocycles. The van der Waals surface area contributed by atoms with Gasteiger partial charge in [0.25, 0.3) is 0 Å². The van der Waals surface area contributed by atoms with Gasteiger partial charge in [-0.1, -0.05) is 17.3 Å². The molecule has 0 bridgehead atoms. The van der Waals surface area contributed by atoms with Crippen molar-refractivity contribution in [3.63, 3.8) is 0 Å². The molecule has 2 aromatic rings. The lowest BCUT2D eigenvalue weighted by Gasteiger charge is -2.00. The van der Waals surface area contributed by atoms with Crippen molar-refractivity contribution in [1.29, 1.82) is 0 Å². The summed E-state index contributed by atoms with van der Waals surface area (Å²) in [4.78, 5) is 4.29. The summed E-state index contributed by atoms with van der Waals surface area (Å²) < 4.78 is 1.74. The van der Waals surface area contributed by atoms with Gasteiger partial charge in [0, 0.05) is 6.54 Å². The molecule has 5 nitrogen and oxygen atoms in total. The Morgan fingerprint density at radius 1 is 1.29 bits per heavy atom. The standard InChI is InChI=1S/C9H9N5/c1-2-4-8-7(3-1)12-13-14(8)9-10-5-6-11-9/h1-4H,5-6H2,(H,10,11). The van der Waals surface area contributed by atoms with Crippen LogP contribution in [-0.4, -0.2) is 34.0 Å². The number of hydrogen-bond donors (Lipinski definition) is 1. The molecule has 5 heteroatoms. The molecular formula is C9H9N5. The second kappa shape index (κ2) is 2.80. The molecule has 2 heterocycles. The third-order valence-corrected chi connectivity index (χ3v) is 2.21. The lowest BCUT2D eigenvalue weighted by Crippen LogP contribution is -2.26. The number of nitrogens with zero attached hydrogens (tertiary/aromatic N) is 4. The highest BCUT2D eigenvalue weighted by Crippen LogP contribution is 2.09. The lowest BCUT2D eigenvalue weighted by atomic mass is 10.3. The molecule has 1 aromatic heterocycles. The van der Waals surface area contributed by atoms with Crippen LogP contribution in [0.3, 0.4) is 0 Å². The van der Waals surface area contributed by atoms with E-state index in [4.69, 9.17) is 0 Å². The number of para-hydroxylation sites is 1. The van der Waals surface area contributed by atoms with E-state index in [1.807, 2.05) is 24.3 Å². The van der Waals surface area contributed by atoms with Crippen molar-refractivity contribution in [2.24, 2.45) is 4.99 Å². The molecule has 0 saturated carbocycles. The Morgan fingerprint density at radius 3 is 3.07 bits per heavy atom. The zero-order valence-corrected chi connectivity index (χ0v) is 7.51. The van der Waals surface area contributed by atoms with Crippen LogP contribution >= 0.6 is 0 Å². The Hall–Kier alpha value is -1.91. The molecule has 0 unspecified atom stereocenters. The molecule has 3 rings (SSSR count). The molecular weight excluding hydrogens is 178 g/mol. The van der Waals surface area contributed by atoms with Gasteiger partial charge >= 0.3 is 0 Å². The average molecular weight is 187 g/mol. The predicted molar refractivity (Wildman–Crippen MR) is 53.2 cm³/mol. The quantitative estimate of drug-likeness (QED) is 0.642. The Labute approximate surface area is 80.4 Å². The van der Waals surface area contributed by atoms with E-state index in [-0.39, 0.29) is 0 Å². The highest BCUT2D eigenvalue weighted by atomic mass is 15.5. The van der Waals surface area contributed by atoms with Crippen LogP contribution in [0.5, 0.6) is 0 Å². The summed E-state index contributed by atoms with van der Waals surface area (Å²) in [5.41, 5.74) is 1.88. The fraction of sp³-hybridized carbons (Fsp3) is 0.222. The van der Waals surface area contributed by atoms with Gasteiger partial charge in [-0.3, -0.25) is 0 Å². The van der Waals surface area contributed by atoms with Crippen molar-refractivity contribution < 1.29 is 0 Å². The minimum atomic E-state index is 0.790. The minimum absolute atomic E-state index is 0.790. The molecule has 0 radical (unpaired) electrons. The van der Waals surface area contributed by atoms with E-state index < -0.39 is 0 Å². The molecule has 1 aliphatic rings. The number of hydrogen-bond acceptors (Lipinski definition) is 4. The Morgan fingerprint density at radius 2 is 2.21 bits per heavy atom. The maximum atomic E-state index is 4.29. The molecule has 70 valence electrons. The first-order chi connectivity index (χ1) is 6.95. The van der Waals surface area contributed by atoms with E-state index in [1.165, 1.54) is 0 Å². The molecule has 0 amide bonds. The van der Waals surface area contributed by atoms with E-state index in [2.05, 4.69) is 20.6 Å². The summed E-state index contributed by atoms with van der Waals surface area (Å²) in [5.74, 6) is 0.790. The topological polar surface area (TPSA) is 55.1 Å². The monoisotopic (exact) mass is 187 g/mol. The van der Waals surface area contributed by atoms with E-state index in [0.717, 1.165) is 30.1 Å². The first-order valence-electron chi connectivity index (χ1n) is 4.54. The second-order valence-electron chi connectivity index (χ2n) is 3.12. The van der Waals surface area contributed by atoms with Crippen molar-refractivity contribution >= 4 is 17.0 Å². The molecule has 0 saturated heterocycles. The number of aliphatic imine (C=N–C) groups is 1. The number of benzene rings is 1. The van der Waals surface area contributed by atoms with Crippen LogP contribution < -0.4 is 5.32 Å². The summed E-state index contributed by atoms with van der Waals surface area (Å²) in [6.07, 6.45) is 0. The number of nitrogens with one attached hydrogen (secondary N) is 1. The van der Waals surface area contributed by atoms with E-state index in [1.54, 1.807) is 4.68 Å². The van der Waals surface area contributed by atoms with E-state index in [0.29, 0.717) is 0 Å². The van der Waals surface area contributed by atoms with Gasteiger partial charge < -0.3 is 5.32 Å². The van der Waals surface area contributed by atoms with Gasteiger partial charge in [0.05, 0.1) is 12.1 Å². The van der Waals surface area contributed by atoms with Gasteiger partial charge in [-0.25, -0.2) is 4.99 Å². The smallest absolute Gasteiger partial charge is 0.221 e. The highest BCUT2D eigenvalue weighted by Gasteiger charge is 2.11. The van der Waals surface area contributed by atoms with Gasteiger partial charge in [0.1, 0.15) is 5.52 Å². The van der Waals surface area contributed by atoms with E-state index >= 15 is 0 Å². The zero-order chi connectivity index (χ0) is 9.38. The summed E-state index contributed by atoms with van der Waals surface area (Å²) in [7, 11) is 0. The summed E-state index contributed by atoms with van der Waals surface area (Å²) in [5, 5.41) is 11.3. The van der Waals surface area contributed by atoms with Gasteiger partial charge in [0.2, 0.25) is 5.96 Å². The van der Waals surface area contributed by atoms with Gasteiger partial charge in [-0.05, 0) is 12.1 Å². The molecule has 14 heavy (non-hydrogen) atoms. The second-order valence-corrected chi connectivity index (χ2v) is 3.12. The summed E-state index contributed by atoms with van der Waals surface area (Å²) in [6, 6.07) is 7.84. The van der Waals surface area contributed by atoms with Crippen LogP contribution in [0.4, 0.5) is 0 Å². The Kier molecular flexibility index (Phi) is 1.50. The summed E-state index contributed by atoms with van der Waals surface area (Å²) in [6.45, 7) is 1.69. The normalized spacial score (nSPS) is 15.6. The molecule has 0 spiro atoms. The first-order valence-corrected chi connectivity index (χ1v) is 4.54. The minimum Gasteiger partial charge on any atom is -0.353 e. The van der Waals surface area contributed by atoms with Crippen LogP contribution in [0.25, 0.3) is 11.0 Å². The summed E-state index contributed by atoms with van der Waals surface area (Å²) >= 11 is 0. The van der Waals surface area contributed by atoms with E-state index in [9.17, 15) is 0 Å². The molecule has 1 N–H and O–H groups in total. The molecule has 1 aliphatic heterocycles. The fourth-order valence-corrected chi connectivity index (χ4v) is 1.55. The molecule has 0 aliphatic carbocycles. The average Bonchev–Trinajstić information content (AvgIpc) is 2.85. The van der Waals surface area contributed by atoms with Crippen LogP contribution in [0.2, 0.25) is 0 Å².